The van der Waals surface area contributed by atoms with Gasteiger partial charge in [-0.2, -0.15) is 0 Å². The van der Waals surface area contributed by atoms with Gasteiger partial charge in [-0.15, -0.1) is 0 Å². The summed E-state index contributed by atoms with van der Waals surface area (Å²) in [6, 6.07) is 0. The highest BCUT2D eigenvalue weighted by molar-refractivity contribution is 7.25. The van der Waals surface area contributed by atoms with Gasteiger partial charge >= 0.3 is 0 Å². The zero-order valence-corrected chi connectivity index (χ0v) is 7.43. The first-order chi connectivity index (χ1) is 5.69. The molecular formula is C6H12NO4P. The largest absolute Gasteiger partial charge is 0.390 e. The van der Waals surface area contributed by atoms with Crippen molar-refractivity contribution in [1.82, 2.24) is 0 Å². The van der Waals surface area contributed by atoms with Crippen molar-refractivity contribution in [2.45, 2.75) is 36.9 Å². The Kier molecular flexibility index (Phi) is 2.11. The molecule has 4 N–H and O–H groups in total. The third-order valence-electron chi connectivity index (χ3n) is 2.47. The van der Waals surface area contributed by atoms with Gasteiger partial charge in [-0.05, 0) is 0 Å². The molecule has 1 aliphatic carbocycles. The molecule has 0 aromatic carbocycles. The smallest absolute Gasteiger partial charge is 0.152 e. The molecule has 1 saturated heterocycles. The predicted molar refractivity (Wildman–Crippen MR) is 42.4 cm³/mol. The Hall–Kier alpha value is 0.230. The van der Waals surface area contributed by atoms with E-state index in [0.29, 0.717) is 12.8 Å². The van der Waals surface area contributed by atoms with Crippen molar-refractivity contribution < 1.29 is 19.3 Å². The fourth-order valence-corrected chi connectivity index (χ4v) is 2.15. The Labute approximate surface area is 71.8 Å². The Morgan fingerprint density at radius 3 is 2.92 bits per heavy atom. The lowest BCUT2D eigenvalue weighted by Gasteiger charge is -2.12. The molecule has 5 nitrogen and oxygen atoms in total. The molecule has 0 aromatic rings. The Morgan fingerprint density at radius 2 is 2.42 bits per heavy atom. The van der Waals surface area contributed by atoms with Crippen LogP contribution in [0, 0.1) is 0 Å². The summed E-state index contributed by atoms with van der Waals surface area (Å²) < 4.78 is 10.3. The van der Waals surface area contributed by atoms with E-state index >= 15 is 0 Å². The lowest BCUT2D eigenvalue weighted by atomic mass is 10.1. The van der Waals surface area contributed by atoms with Crippen LogP contribution < -0.4 is 5.73 Å². The van der Waals surface area contributed by atoms with E-state index in [1.165, 1.54) is 0 Å². The minimum atomic E-state index is -0.602. The summed E-state index contributed by atoms with van der Waals surface area (Å²) in [7, 11) is -0.549. The average molecular weight is 193 g/mol. The van der Waals surface area contributed by atoms with Gasteiger partial charge in [0.2, 0.25) is 0 Å². The maximum Gasteiger partial charge on any atom is 0.152 e. The number of hydrogen-bond donors (Lipinski definition) is 3. The molecule has 0 amide bonds. The first-order valence-corrected chi connectivity index (χ1v) is 4.71. The van der Waals surface area contributed by atoms with E-state index in [1.807, 2.05) is 0 Å². The number of aliphatic hydroxyl groups is 1. The number of hydrogen-bond acceptors (Lipinski definition) is 5. The van der Waals surface area contributed by atoms with Crippen LogP contribution in [0.15, 0.2) is 0 Å². The quantitative estimate of drug-likeness (QED) is 0.494. The Morgan fingerprint density at radius 1 is 1.67 bits per heavy atom. The highest BCUT2D eigenvalue weighted by Crippen LogP contribution is 2.52. The van der Waals surface area contributed by atoms with Gasteiger partial charge in [0.25, 0.3) is 0 Å². The molecule has 70 valence electrons. The van der Waals surface area contributed by atoms with E-state index in [1.54, 1.807) is 0 Å². The zero-order chi connectivity index (χ0) is 8.77. The van der Waals surface area contributed by atoms with Gasteiger partial charge in [0.15, 0.2) is 9.03 Å². The second-order valence-corrected chi connectivity index (χ2v) is 3.68. The summed E-state index contributed by atoms with van der Waals surface area (Å²) in [5.41, 5.74) is 4.90. The van der Waals surface area contributed by atoms with Crippen LogP contribution in [-0.4, -0.2) is 34.0 Å². The molecular weight excluding hydrogens is 181 g/mol. The molecule has 0 radical (unpaired) electrons. The molecule has 1 aliphatic heterocycles. The molecule has 1 saturated carbocycles. The highest BCUT2D eigenvalue weighted by atomic mass is 31.1. The molecule has 2 rings (SSSR count). The second kappa shape index (κ2) is 2.87. The topological polar surface area (TPSA) is 84.9 Å². The lowest BCUT2D eigenvalue weighted by molar-refractivity contribution is -0.0300. The van der Waals surface area contributed by atoms with E-state index in [9.17, 15) is 5.11 Å². The maximum absolute atomic E-state index is 9.52. The summed E-state index contributed by atoms with van der Waals surface area (Å²) in [5.74, 6) is 0. The van der Waals surface area contributed by atoms with Gasteiger partial charge in [-0.25, -0.2) is 0 Å². The minimum Gasteiger partial charge on any atom is -0.390 e. The van der Waals surface area contributed by atoms with Gasteiger partial charge < -0.3 is 25.0 Å². The van der Waals surface area contributed by atoms with Crippen molar-refractivity contribution in [3.05, 3.63) is 0 Å². The molecule has 2 fully saturated rings. The summed E-state index contributed by atoms with van der Waals surface area (Å²) in [6.07, 6.45) is -0.0297. The van der Waals surface area contributed by atoms with E-state index in [2.05, 4.69) is 0 Å². The molecule has 12 heavy (non-hydrogen) atoms. The standard InChI is InChI=1S/C6H12NO4P/c7-5-1-3(8)6(10-5)2-4(6)11-12-9/h3-5,8-9,12H,1-2,7H2/t3-,4?,5+,6?/m0/s1. The van der Waals surface area contributed by atoms with Gasteiger partial charge in [0.05, 0.1) is 12.2 Å². The molecule has 0 bridgehead atoms. The van der Waals surface area contributed by atoms with Crippen LogP contribution in [-0.2, 0) is 9.26 Å². The van der Waals surface area contributed by atoms with Crippen LogP contribution in [0.3, 0.4) is 0 Å². The van der Waals surface area contributed by atoms with Crippen LogP contribution in [0.1, 0.15) is 12.8 Å². The van der Waals surface area contributed by atoms with Crippen molar-refractivity contribution in [3.8, 4) is 0 Å². The van der Waals surface area contributed by atoms with Crippen molar-refractivity contribution in [1.29, 1.82) is 0 Å². The maximum atomic E-state index is 9.52. The summed E-state index contributed by atoms with van der Waals surface area (Å²) in [6.45, 7) is 0. The van der Waals surface area contributed by atoms with E-state index in [4.69, 9.17) is 19.9 Å². The molecule has 3 unspecified atom stereocenters. The lowest BCUT2D eigenvalue weighted by Crippen LogP contribution is -2.28. The fourth-order valence-electron chi connectivity index (χ4n) is 1.74. The summed E-state index contributed by atoms with van der Waals surface area (Å²) in [4.78, 5) is 8.51. The molecule has 5 atom stereocenters. The van der Waals surface area contributed by atoms with Gasteiger partial charge in [-0.1, -0.05) is 0 Å². The Balaban J connectivity index is 1.97. The molecule has 2 aliphatic rings. The SMILES string of the molecule is N[C@H]1C[C@H](O)C2(CC2OPO)O1. The molecule has 6 heteroatoms. The van der Waals surface area contributed by atoms with E-state index in [-0.39, 0.29) is 6.10 Å². The predicted octanol–water partition coefficient (Wildman–Crippen LogP) is -0.919. The van der Waals surface area contributed by atoms with Crippen LogP contribution in [0.5, 0.6) is 0 Å². The fraction of sp³-hybridized carbons (Fsp3) is 1.00. The normalized spacial score (nSPS) is 52.8. The van der Waals surface area contributed by atoms with E-state index in [0.717, 1.165) is 0 Å². The summed E-state index contributed by atoms with van der Waals surface area (Å²) >= 11 is 0. The highest BCUT2D eigenvalue weighted by Gasteiger charge is 2.66. The third-order valence-corrected chi connectivity index (χ3v) is 2.86. The van der Waals surface area contributed by atoms with Gasteiger partial charge in [0, 0.05) is 12.8 Å². The van der Waals surface area contributed by atoms with Crippen LogP contribution in [0.4, 0.5) is 0 Å². The average Bonchev–Trinajstić information content (AvgIpc) is 2.56. The summed E-state index contributed by atoms with van der Waals surface area (Å²) in [5, 5.41) is 9.52. The second-order valence-electron chi connectivity index (χ2n) is 3.26. The van der Waals surface area contributed by atoms with Crippen LogP contribution in [0.2, 0.25) is 0 Å². The third kappa shape index (κ3) is 1.18. The van der Waals surface area contributed by atoms with Crippen LogP contribution in [0.25, 0.3) is 0 Å². The molecule has 1 spiro atoms. The number of nitrogens with two attached hydrogens (primary N) is 1. The zero-order valence-electron chi connectivity index (χ0n) is 6.43. The van der Waals surface area contributed by atoms with Crippen molar-refractivity contribution in [3.63, 3.8) is 0 Å². The Bertz CT molecular complexity index is 192. The van der Waals surface area contributed by atoms with Crippen molar-refractivity contribution in [2.24, 2.45) is 5.73 Å². The number of aliphatic hydroxyl groups excluding tert-OH is 1. The van der Waals surface area contributed by atoms with E-state index < -0.39 is 27.0 Å². The van der Waals surface area contributed by atoms with Gasteiger partial charge in [-0.3, -0.25) is 0 Å². The number of ether oxygens (including phenoxy) is 1. The number of rotatable bonds is 2. The molecule has 0 aromatic heterocycles. The first-order valence-electron chi connectivity index (χ1n) is 3.85. The van der Waals surface area contributed by atoms with Crippen molar-refractivity contribution >= 4 is 9.03 Å². The van der Waals surface area contributed by atoms with Crippen molar-refractivity contribution in [2.75, 3.05) is 0 Å². The molecule has 1 heterocycles. The first kappa shape index (κ1) is 8.81. The monoisotopic (exact) mass is 193 g/mol. The van der Waals surface area contributed by atoms with Gasteiger partial charge in [0.1, 0.15) is 11.8 Å². The minimum absolute atomic E-state index is 0.176. The van der Waals surface area contributed by atoms with Crippen LogP contribution >= 0.6 is 9.03 Å².